The number of amides is 1. The summed E-state index contributed by atoms with van der Waals surface area (Å²) in [6, 6.07) is 0. The Morgan fingerprint density at radius 3 is 2.56 bits per heavy atom. The molecule has 0 aliphatic rings. The molecule has 94 valence electrons. The summed E-state index contributed by atoms with van der Waals surface area (Å²) in [7, 11) is 0. The van der Waals surface area contributed by atoms with E-state index in [1.807, 2.05) is 0 Å². The van der Waals surface area contributed by atoms with Crippen LogP contribution in [0.25, 0.3) is 0 Å². The van der Waals surface area contributed by atoms with Crippen molar-refractivity contribution in [2.75, 3.05) is 25.6 Å². The van der Waals surface area contributed by atoms with Gasteiger partial charge < -0.3 is 14.8 Å². The van der Waals surface area contributed by atoms with Gasteiger partial charge in [0, 0.05) is 0 Å². The number of nitrogens with one attached hydrogen (secondary N) is 1. The molecule has 0 aliphatic carbocycles. The first-order valence-electron chi connectivity index (χ1n) is 5.33. The largest absolute Gasteiger partial charge is 0.464 e. The highest BCUT2D eigenvalue weighted by Gasteiger charge is 2.06. The van der Waals surface area contributed by atoms with E-state index in [0.717, 1.165) is 19.3 Å². The third-order valence-electron chi connectivity index (χ3n) is 1.70. The second-order valence-electron chi connectivity index (χ2n) is 3.11. The Hall–Kier alpha value is -0.970. The van der Waals surface area contributed by atoms with Crippen molar-refractivity contribution in [2.45, 2.75) is 26.2 Å². The number of esters is 1. The van der Waals surface area contributed by atoms with Gasteiger partial charge in [0.05, 0.1) is 12.5 Å². The molecular formula is C10H18ClNO4. The van der Waals surface area contributed by atoms with Crippen LogP contribution in [0.15, 0.2) is 0 Å². The molecular weight excluding hydrogens is 234 g/mol. The first kappa shape index (κ1) is 15.0. The molecule has 0 bridgehead atoms. The molecule has 5 nitrogen and oxygen atoms in total. The summed E-state index contributed by atoms with van der Waals surface area (Å²) in [5, 5.41) is 2.26. The molecule has 0 aromatic carbocycles. The Balaban J connectivity index is 3.38. The van der Waals surface area contributed by atoms with E-state index in [1.165, 1.54) is 0 Å². The van der Waals surface area contributed by atoms with Gasteiger partial charge in [-0.05, 0) is 6.42 Å². The number of alkyl halides is 1. The fourth-order valence-corrected chi connectivity index (χ4v) is 0.993. The second-order valence-corrected chi connectivity index (χ2v) is 3.48. The molecule has 0 aromatic rings. The number of hydrogen-bond acceptors (Lipinski definition) is 4. The Labute approximate surface area is 100 Å². The summed E-state index contributed by atoms with van der Waals surface area (Å²) >= 11 is 5.31. The van der Waals surface area contributed by atoms with Crippen molar-refractivity contribution in [1.29, 1.82) is 0 Å². The van der Waals surface area contributed by atoms with Crippen LogP contribution in [0.2, 0.25) is 0 Å². The quantitative estimate of drug-likeness (QED) is 0.405. The van der Waals surface area contributed by atoms with E-state index in [2.05, 4.69) is 17.0 Å². The third-order valence-corrected chi connectivity index (χ3v) is 1.85. The standard InChI is InChI=1S/C10H18ClNO4/c1-2-3-4-6-15-9(13)8-12-10(14)16-7-5-11/h2-8H2,1H3,(H,12,14). The molecule has 0 spiro atoms. The van der Waals surface area contributed by atoms with Gasteiger partial charge >= 0.3 is 12.1 Å². The Morgan fingerprint density at radius 1 is 1.19 bits per heavy atom. The van der Waals surface area contributed by atoms with Crippen LogP contribution in [0.1, 0.15) is 26.2 Å². The molecule has 0 atom stereocenters. The van der Waals surface area contributed by atoms with Crippen LogP contribution in [-0.2, 0) is 14.3 Å². The summed E-state index contributed by atoms with van der Waals surface area (Å²) in [6.45, 7) is 2.41. The van der Waals surface area contributed by atoms with Gasteiger partial charge in [-0.25, -0.2) is 4.79 Å². The second kappa shape index (κ2) is 10.5. The molecule has 1 N–H and O–H groups in total. The number of carbonyl (C=O) groups excluding carboxylic acids is 2. The van der Waals surface area contributed by atoms with E-state index in [-0.39, 0.29) is 19.0 Å². The molecule has 6 heteroatoms. The summed E-state index contributed by atoms with van der Waals surface area (Å²) in [6.07, 6.45) is 2.28. The molecule has 16 heavy (non-hydrogen) atoms. The highest BCUT2D eigenvalue weighted by molar-refractivity contribution is 6.18. The normalized spacial score (nSPS) is 9.62. The SMILES string of the molecule is CCCCCOC(=O)CNC(=O)OCCCl. The fraction of sp³-hybridized carbons (Fsp3) is 0.800. The van der Waals surface area contributed by atoms with Crippen molar-refractivity contribution in [2.24, 2.45) is 0 Å². The molecule has 0 rings (SSSR count). The van der Waals surface area contributed by atoms with Crippen molar-refractivity contribution in [3.05, 3.63) is 0 Å². The zero-order valence-corrected chi connectivity index (χ0v) is 10.2. The molecule has 0 aromatic heterocycles. The van der Waals surface area contributed by atoms with E-state index in [1.54, 1.807) is 0 Å². The minimum atomic E-state index is -0.661. The summed E-state index contributed by atoms with van der Waals surface area (Å²) in [4.78, 5) is 21.9. The summed E-state index contributed by atoms with van der Waals surface area (Å²) in [5.74, 6) is -0.228. The lowest BCUT2D eigenvalue weighted by molar-refractivity contribution is -0.142. The van der Waals surface area contributed by atoms with E-state index in [0.29, 0.717) is 6.61 Å². The third kappa shape index (κ3) is 9.58. The van der Waals surface area contributed by atoms with Crippen molar-refractivity contribution in [3.63, 3.8) is 0 Å². The zero-order chi connectivity index (χ0) is 12.2. The van der Waals surface area contributed by atoms with Crippen LogP contribution < -0.4 is 5.32 Å². The maximum Gasteiger partial charge on any atom is 0.407 e. The van der Waals surface area contributed by atoms with Crippen molar-refractivity contribution in [1.82, 2.24) is 5.32 Å². The topological polar surface area (TPSA) is 64.6 Å². The van der Waals surface area contributed by atoms with E-state index >= 15 is 0 Å². The minimum absolute atomic E-state index is 0.124. The first-order chi connectivity index (χ1) is 7.70. The number of ether oxygens (including phenoxy) is 2. The molecule has 1 amide bonds. The van der Waals surface area contributed by atoms with Crippen LogP contribution in [0.3, 0.4) is 0 Å². The molecule has 0 fully saturated rings. The average Bonchev–Trinajstić information content (AvgIpc) is 2.29. The number of unbranched alkanes of at least 4 members (excludes halogenated alkanes) is 2. The maximum atomic E-state index is 11.1. The van der Waals surface area contributed by atoms with Crippen LogP contribution in [-0.4, -0.2) is 37.7 Å². The molecule has 0 heterocycles. The molecule has 0 saturated heterocycles. The van der Waals surface area contributed by atoms with Gasteiger partial charge in [0.1, 0.15) is 13.2 Å². The minimum Gasteiger partial charge on any atom is -0.464 e. The maximum absolute atomic E-state index is 11.1. The van der Waals surface area contributed by atoms with Crippen LogP contribution in [0.4, 0.5) is 4.79 Å². The van der Waals surface area contributed by atoms with Crippen LogP contribution in [0, 0.1) is 0 Å². The number of alkyl carbamates (subject to hydrolysis) is 1. The van der Waals surface area contributed by atoms with Crippen molar-refractivity contribution < 1.29 is 19.1 Å². The molecule has 0 saturated carbocycles. The van der Waals surface area contributed by atoms with E-state index < -0.39 is 12.1 Å². The predicted molar refractivity (Wildman–Crippen MR) is 60.6 cm³/mol. The zero-order valence-electron chi connectivity index (χ0n) is 9.46. The highest BCUT2D eigenvalue weighted by atomic mass is 35.5. The predicted octanol–water partition coefficient (Wildman–Crippen LogP) is 1.68. The Bertz CT molecular complexity index is 211. The Kier molecular flexibility index (Phi) is 9.91. The van der Waals surface area contributed by atoms with Gasteiger partial charge in [-0.3, -0.25) is 4.79 Å². The van der Waals surface area contributed by atoms with Gasteiger partial charge in [0.15, 0.2) is 0 Å². The summed E-state index contributed by atoms with van der Waals surface area (Å²) in [5.41, 5.74) is 0. The van der Waals surface area contributed by atoms with E-state index in [9.17, 15) is 9.59 Å². The van der Waals surface area contributed by atoms with Gasteiger partial charge in [0.25, 0.3) is 0 Å². The smallest absolute Gasteiger partial charge is 0.407 e. The lowest BCUT2D eigenvalue weighted by atomic mass is 10.3. The van der Waals surface area contributed by atoms with Crippen LogP contribution >= 0.6 is 11.6 Å². The molecule has 0 unspecified atom stereocenters. The first-order valence-corrected chi connectivity index (χ1v) is 5.86. The van der Waals surface area contributed by atoms with Crippen molar-refractivity contribution >= 4 is 23.7 Å². The van der Waals surface area contributed by atoms with Crippen molar-refractivity contribution in [3.8, 4) is 0 Å². The number of halogens is 1. The van der Waals surface area contributed by atoms with Gasteiger partial charge in [-0.1, -0.05) is 19.8 Å². The van der Waals surface area contributed by atoms with Gasteiger partial charge in [-0.15, -0.1) is 11.6 Å². The lowest BCUT2D eigenvalue weighted by Gasteiger charge is -2.06. The average molecular weight is 252 g/mol. The molecule has 0 aliphatic heterocycles. The number of rotatable bonds is 8. The molecule has 0 radical (unpaired) electrons. The monoisotopic (exact) mass is 251 g/mol. The number of carbonyl (C=O) groups is 2. The van der Waals surface area contributed by atoms with Crippen LogP contribution in [0.5, 0.6) is 0 Å². The highest BCUT2D eigenvalue weighted by Crippen LogP contribution is 1.94. The number of hydrogen-bond donors (Lipinski definition) is 1. The van der Waals surface area contributed by atoms with Gasteiger partial charge in [0.2, 0.25) is 0 Å². The van der Waals surface area contributed by atoms with Gasteiger partial charge in [-0.2, -0.15) is 0 Å². The summed E-state index contributed by atoms with van der Waals surface area (Å²) < 4.78 is 9.46. The Morgan fingerprint density at radius 2 is 1.94 bits per heavy atom. The lowest BCUT2D eigenvalue weighted by Crippen LogP contribution is -2.31. The fourth-order valence-electron chi connectivity index (χ4n) is 0.916. The van der Waals surface area contributed by atoms with E-state index in [4.69, 9.17) is 16.3 Å².